The van der Waals surface area contributed by atoms with E-state index in [-0.39, 0.29) is 18.3 Å². The third-order valence-electron chi connectivity index (χ3n) is 3.13. The molecule has 1 aromatic rings. The second-order valence-corrected chi connectivity index (χ2v) is 5.72. The Hall–Kier alpha value is -0.780. The fourth-order valence-electron chi connectivity index (χ4n) is 1.82. The van der Waals surface area contributed by atoms with Gasteiger partial charge in [0.1, 0.15) is 5.75 Å². The van der Waals surface area contributed by atoms with Gasteiger partial charge in [0.05, 0.1) is 17.5 Å². The summed E-state index contributed by atoms with van der Waals surface area (Å²) in [6, 6.07) is 5.90. The number of carbonyl (C=O) groups excluding carboxylic acids is 1. The van der Waals surface area contributed by atoms with Crippen molar-refractivity contribution in [3.05, 3.63) is 28.2 Å². The minimum atomic E-state index is 0. The molecule has 4 nitrogen and oxygen atoms in total. The van der Waals surface area contributed by atoms with Gasteiger partial charge in [-0.1, -0.05) is 6.07 Å². The van der Waals surface area contributed by atoms with Crippen LogP contribution in [0.3, 0.4) is 0 Å². The zero-order valence-electron chi connectivity index (χ0n) is 11.4. The number of ether oxygens (including phenoxy) is 1. The number of carbonyl (C=O) groups is 1. The molecule has 1 heterocycles. The van der Waals surface area contributed by atoms with Gasteiger partial charge in [0.15, 0.2) is 0 Å². The van der Waals surface area contributed by atoms with Crippen LogP contribution in [0.4, 0.5) is 0 Å². The third kappa shape index (κ3) is 5.31. The van der Waals surface area contributed by atoms with Crippen LogP contribution in [-0.4, -0.2) is 32.1 Å². The smallest absolute Gasteiger partial charge is 0.223 e. The monoisotopic (exact) mass is 362 g/mol. The van der Waals surface area contributed by atoms with Crippen LogP contribution in [-0.2, 0) is 4.79 Å². The summed E-state index contributed by atoms with van der Waals surface area (Å²) in [5.74, 6) is 1.42. The molecule has 0 atom stereocenters. The van der Waals surface area contributed by atoms with Crippen molar-refractivity contribution in [2.45, 2.75) is 13.3 Å². The van der Waals surface area contributed by atoms with Crippen LogP contribution in [0.1, 0.15) is 12.0 Å². The Bertz CT molecular complexity index is 453. The van der Waals surface area contributed by atoms with E-state index in [4.69, 9.17) is 4.74 Å². The molecule has 0 unspecified atom stereocenters. The first-order valence-electron chi connectivity index (χ1n) is 6.51. The van der Waals surface area contributed by atoms with E-state index in [1.807, 2.05) is 25.1 Å². The van der Waals surface area contributed by atoms with Gasteiger partial charge in [-0.15, -0.1) is 12.4 Å². The predicted octanol–water partition coefficient (Wildman–Crippen LogP) is 2.28. The number of hydrogen-bond donors (Lipinski definition) is 2. The summed E-state index contributed by atoms with van der Waals surface area (Å²) in [6.07, 6.45) is 0.389. The molecule has 1 fully saturated rings. The molecule has 0 saturated carbocycles. The molecule has 0 radical (unpaired) electrons. The fraction of sp³-hybridized carbons (Fsp3) is 0.500. The largest absolute Gasteiger partial charge is 0.492 e. The fourth-order valence-corrected chi connectivity index (χ4v) is 2.42. The van der Waals surface area contributed by atoms with E-state index in [0.29, 0.717) is 18.9 Å². The molecular weight excluding hydrogens is 344 g/mol. The lowest BCUT2D eigenvalue weighted by atomic mass is 10.0. The number of hydrogen-bond acceptors (Lipinski definition) is 3. The van der Waals surface area contributed by atoms with Crippen molar-refractivity contribution in [1.82, 2.24) is 10.6 Å². The minimum absolute atomic E-state index is 0. The molecule has 1 amide bonds. The van der Waals surface area contributed by atoms with Gasteiger partial charge < -0.3 is 15.4 Å². The van der Waals surface area contributed by atoms with Crippen LogP contribution >= 0.6 is 28.3 Å². The maximum absolute atomic E-state index is 11.6. The van der Waals surface area contributed by atoms with E-state index in [0.717, 1.165) is 29.9 Å². The lowest BCUT2D eigenvalue weighted by Gasteiger charge is -2.27. The molecule has 0 spiro atoms. The van der Waals surface area contributed by atoms with Crippen LogP contribution in [0.25, 0.3) is 0 Å². The summed E-state index contributed by atoms with van der Waals surface area (Å²) in [7, 11) is 0. The summed E-state index contributed by atoms with van der Waals surface area (Å²) >= 11 is 3.45. The molecule has 0 bridgehead atoms. The first-order chi connectivity index (χ1) is 9.15. The minimum Gasteiger partial charge on any atom is -0.492 e. The highest BCUT2D eigenvalue weighted by Gasteiger charge is 2.16. The molecule has 112 valence electrons. The van der Waals surface area contributed by atoms with Crippen molar-refractivity contribution < 1.29 is 9.53 Å². The zero-order chi connectivity index (χ0) is 13.7. The topological polar surface area (TPSA) is 50.4 Å². The highest BCUT2D eigenvalue weighted by atomic mass is 79.9. The van der Waals surface area contributed by atoms with Crippen LogP contribution in [0, 0.1) is 12.8 Å². The van der Waals surface area contributed by atoms with E-state index >= 15 is 0 Å². The van der Waals surface area contributed by atoms with Crippen molar-refractivity contribution in [3.8, 4) is 5.75 Å². The van der Waals surface area contributed by atoms with Crippen LogP contribution in [0.15, 0.2) is 22.7 Å². The van der Waals surface area contributed by atoms with E-state index in [9.17, 15) is 4.79 Å². The Morgan fingerprint density at radius 1 is 1.50 bits per heavy atom. The summed E-state index contributed by atoms with van der Waals surface area (Å²) in [6.45, 7) is 5.20. The molecule has 0 aromatic heterocycles. The highest BCUT2D eigenvalue weighted by Crippen LogP contribution is 2.25. The van der Waals surface area contributed by atoms with Gasteiger partial charge in [0.2, 0.25) is 5.91 Å². The standard InChI is InChI=1S/C14H19BrN2O2.ClH/c1-10-2-3-13(12(15)6-10)19-5-4-14(18)17-9-11-7-16-8-11;/h2-3,6,11,16H,4-5,7-9H2,1H3,(H,17,18);1H. The Balaban J connectivity index is 0.00000200. The number of benzene rings is 1. The van der Waals surface area contributed by atoms with Crippen LogP contribution in [0.2, 0.25) is 0 Å². The number of halogens is 2. The Kier molecular flexibility index (Phi) is 7.34. The van der Waals surface area contributed by atoms with Gasteiger partial charge in [0, 0.05) is 25.6 Å². The molecule has 1 aromatic carbocycles. The van der Waals surface area contributed by atoms with Gasteiger partial charge >= 0.3 is 0 Å². The molecule has 0 aliphatic carbocycles. The van der Waals surface area contributed by atoms with Crippen LogP contribution in [0.5, 0.6) is 5.75 Å². The SMILES string of the molecule is Cc1ccc(OCCC(=O)NCC2CNC2)c(Br)c1.Cl. The molecule has 20 heavy (non-hydrogen) atoms. The van der Waals surface area contributed by atoms with E-state index in [2.05, 4.69) is 26.6 Å². The Morgan fingerprint density at radius 2 is 2.25 bits per heavy atom. The lowest BCUT2D eigenvalue weighted by molar-refractivity contribution is -0.121. The molecule has 1 saturated heterocycles. The maximum atomic E-state index is 11.6. The Morgan fingerprint density at radius 3 is 2.85 bits per heavy atom. The molecule has 6 heteroatoms. The van der Waals surface area contributed by atoms with Gasteiger partial charge in [-0.2, -0.15) is 0 Å². The molecule has 2 N–H and O–H groups in total. The van der Waals surface area contributed by atoms with Gasteiger partial charge in [-0.3, -0.25) is 4.79 Å². The zero-order valence-corrected chi connectivity index (χ0v) is 13.9. The van der Waals surface area contributed by atoms with Gasteiger partial charge in [-0.25, -0.2) is 0 Å². The number of rotatable bonds is 6. The number of aryl methyl sites for hydroxylation is 1. The first kappa shape index (κ1) is 17.3. The highest BCUT2D eigenvalue weighted by molar-refractivity contribution is 9.10. The lowest BCUT2D eigenvalue weighted by Crippen LogP contribution is -2.48. The summed E-state index contributed by atoms with van der Waals surface area (Å²) in [5, 5.41) is 6.10. The molecule has 1 aliphatic rings. The average Bonchev–Trinajstić information content (AvgIpc) is 2.30. The summed E-state index contributed by atoms with van der Waals surface area (Å²) in [5.41, 5.74) is 1.17. The van der Waals surface area contributed by atoms with Crippen LogP contribution < -0.4 is 15.4 Å². The van der Waals surface area contributed by atoms with Crippen molar-refractivity contribution in [3.63, 3.8) is 0 Å². The summed E-state index contributed by atoms with van der Waals surface area (Å²) in [4.78, 5) is 11.6. The molecule has 1 aliphatic heterocycles. The second-order valence-electron chi connectivity index (χ2n) is 4.86. The van der Waals surface area contributed by atoms with Gasteiger partial charge in [-0.05, 0) is 40.5 Å². The molecule has 2 rings (SSSR count). The summed E-state index contributed by atoms with van der Waals surface area (Å²) < 4.78 is 6.51. The van der Waals surface area contributed by atoms with E-state index in [1.165, 1.54) is 5.56 Å². The second kappa shape index (κ2) is 8.49. The molecular formula is C14H20BrClN2O2. The number of amides is 1. The predicted molar refractivity (Wildman–Crippen MR) is 85.6 cm³/mol. The van der Waals surface area contributed by atoms with Gasteiger partial charge in [0.25, 0.3) is 0 Å². The normalized spacial score (nSPS) is 14.1. The quantitative estimate of drug-likeness (QED) is 0.815. The first-order valence-corrected chi connectivity index (χ1v) is 7.31. The van der Waals surface area contributed by atoms with E-state index in [1.54, 1.807) is 0 Å². The van der Waals surface area contributed by atoms with Crippen molar-refractivity contribution >= 4 is 34.2 Å². The average molecular weight is 364 g/mol. The van der Waals surface area contributed by atoms with Crippen molar-refractivity contribution in [2.24, 2.45) is 5.92 Å². The van der Waals surface area contributed by atoms with Crippen molar-refractivity contribution in [1.29, 1.82) is 0 Å². The number of nitrogens with one attached hydrogen (secondary N) is 2. The Labute approximate surface area is 134 Å². The van der Waals surface area contributed by atoms with E-state index < -0.39 is 0 Å². The maximum Gasteiger partial charge on any atom is 0.223 e. The third-order valence-corrected chi connectivity index (χ3v) is 3.75. The van der Waals surface area contributed by atoms with Crippen molar-refractivity contribution in [2.75, 3.05) is 26.2 Å².